The van der Waals surface area contributed by atoms with Gasteiger partial charge >= 0.3 is 0 Å². The van der Waals surface area contributed by atoms with Crippen LogP contribution in [0.15, 0.2) is 121 Å². The molecule has 0 unspecified atom stereocenters. The normalized spacial score (nSPS) is 11.6. The second-order valence-electron chi connectivity index (χ2n) is 12.7. The summed E-state index contributed by atoms with van der Waals surface area (Å²) in [5.74, 6) is 0. The van der Waals surface area contributed by atoms with E-state index in [0.717, 1.165) is 17.1 Å². The first kappa shape index (κ1) is 27.9. The van der Waals surface area contributed by atoms with Gasteiger partial charge in [0.05, 0.1) is 11.6 Å². The van der Waals surface area contributed by atoms with Crippen LogP contribution in [0.2, 0.25) is 0 Å². The quantitative estimate of drug-likeness (QED) is 0.224. The van der Waals surface area contributed by atoms with Crippen LogP contribution in [0.4, 0.5) is 17.1 Å². The van der Waals surface area contributed by atoms with E-state index in [-0.39, 0.29) is 10.8 Å². The van der Waals surface area contributed by atoms with Crippen molar-refractivity contribution >= 4 is 17.1 Å². The van der Waals surface area contributed by atoms with E-state index < -0.39 is 0 Å². The minimum absolute atomic E-state index is 0.134. The van der Waals surface area contributed by atoms with E-state index in [1.807, 2.05) is 24.3 Å². The fraction of sp³-hybridized carbons (Fsp3) is 0.205. The standard InChI is InChI=1S/C39H38N2/c1-38(2,3)33-17-9-29(10-18-33)31-13-23-36(24-14-31)41(35-21-7-28(27-40)8-22-35)37-25-15-32(16-26-37)30-11-19-34(20-12-30)39(4,5)6/h7-26H,1-6H3. The lowest BCUT2D eigenvalue weighted by Crippen LogP contribution is -2.10. The van der Waals surface area contributed by atoms with Crippen molar-refractivity contribution in [3.05, 3.63) is 138 Å². The van der Waals surface area contributed by atoms with Gasteiger partial charge in [-0.15, -0.1) is 0 Å². The van der Waals surface area contributed by atoms with Gasteiger partial charge in [0.1, 0.15) is 0 Å². The van der Waals surface area contributed by atoms with Crippen molar-refractivity contribution in [1.29, 1.82) is 5.26 Å². The van der Waals surface area contributed by atoms with Crippen LogP contribution >= 0.6 is 0 Å². The summed E-state index contributed by atoms with van der Waals surface area (Å²) in [6, 6.07) is 45.2. The lowest BCUT2D eigenvalue weighted by Gasteiger charge is -2.26. The van der Waals surface area contributed by atoms with Gasteiger partial charge < -0.3 is 4.90 Å². The lowest BCUT2D eigenvalue weighted by molar-refractivity contribution is 0.590. The van der Waals surface area contributed by atoms with E-state index in [0.29, 0.717) is 5.56 Å². The molecule has 0 atom stereocenters. The van der Waals surface area contributed by atoms with E-state index in [1.54, 1.807) is 0 Å². The zero-order valence-electron chi connectivity index (χ0n) is 24.9. The largest absolute Gasteiger partial charge is 0.311 e. The summed E-state index contributed by atoms with van der Waals surface area (Å²) in [6.07, 6.45) is 0. The average Bonchev–Trinajstić information content (AvgIpc) is 2.98. The molecular formula is C39H38N2. The molecule has 0 aliphatic carbocycles. The van der Waals surface area contributed by atoms with Crippen LogP contribution in [0.1, 0.15) is 58.2 Å². The smallest absolute Gasteiger partial charge is 0.0991 e. The maximum Gasteiger partial charge on any atom is 0.0991 e. The summed E-state index contributed by atoms with van der Waals surface area (Å²) < 4.78 is 0. The molecule has 204 valence electrons. The number of nitriles is 1. The van der Waals surface area contributed by atoms with E-state index in [1.165, 1.54) is 33.4 Å². The fourth-order valence-corrected chi connectivity index (χ4v) is 5.06. The maximum atomic E-state index is 9.34. The molecule has 0 saturated heterocycles. The van der Waals surface area contributed by atoms with E-state index >= 15 is 0 Å². The van der Waals surface area contributed by atoms with Crippen LogP contribution in [0.5, 0.6) is 0 Å². The van der Waals surface area contributed by atoms with Gasteiger partial charge in [0, 0.05) is 17.1 Å². The summed E-state index contributed by atoms with van der Waals surface area (Å²) >= 11 is 0. The predicted octanol–water partition coefficient (Wildman–Crippen LogP) is 11.0. The summed E-state index contributed by atoms with van der Waals surface area (Å²) in [6.45, 7) is 13.4. The van der Waals surface area contributed by atoms with Crippen LogP contribution in [0, 0.1) is 11.3 Å². The Balaban J connectivity index is 1.47. The topological polar surface area (TPSA) is 27.0 Å². The van der Waals surface area contributed by atoms with Crippen LogP contribution in [-0.2, 0) is 10.8 Å². The highest BCUT2D eigenvalue weighted by molar-refractivity contribution is 5.80. The Kier molecular flexibility index (Phi) is 7.57. The third-order valence-electron chi connectivity index (χ3n) is 7.67. The van der Waals surface area contributed by atoms with Gasteiger partial charge in [0.25, 0.3) is 0 Å². The van der Waals surface area contributed by atoms with E-state index in [9.17, 15) is 5.26 Å². The average molecular weight is 535 g/mol. The first-order chi connectivity index (χ1) is 19.5. The molecule has 0 heterocycles. The van der Waals surface area contributed by atoms with Crippen LogP contribution in [-0.4, -0.2) is 0 Å². The fourth-order valence-electron chi connectivity index (χ4n) is 5.06. The van der Waals surface area contributed by atoms with Crippen molar-refractivity contribution in [2.24, 2.45) is 0 Å². The highest BCUT2D eigenvalue weighted by Crippen LogP contribution is 2.37. The van der Waals surface area contributed by atoms with Gasteiger partial charge in [0.15, 0.2) is 0 Å². The van der Waals surface area contributed by atoms with Crippen LogP contribution in [0.3, 0.4) is 0 Å². The highest BCUT2D eigenvalue weighted by atomic mass is 15.1. The number of benzene rings is 5. The first-order valence-corrected chi connectivity index (χ1v) is 14.3. The van der Waals surface area contributed by atoms with E-state index in [4.69, 9.17) is 0 Å². The molecule has 0 amide bonds. The van der Waals surface area contributed by atoms with Crippen molar-refractivity contribution in [3.63, 3.8) is 0 Å². The molecule has 0 spiro atoms. The molecule has 5 aromatic carbocycles. The second kappa shape index (κ2) is 11.1. The van der Waals surface area contributed by atoms with Gasteiger partial charge in [-0.25, -0.2) is 0 Å². The number of rotatable bonds is 5. The Morgan fingerprint density at radius 2 is 0.683 bits per heavy atom. The van der Waals surface area contributed by atoms with Crippen molar-refractivity contribution in [3.8, 4) is 28.3 Å². The predicted molar refractivity (Wildman–Crippen MR) is 174 cm³/mol. The molecule has 0 aliphatic rings. The Labute approximate surface area is 245 Å². The lowest BCUT2D eigenvalue weighted by atomic mass is 9.86. The Hall–Kier alpha value is -4.61. The van der Waals surface area contributed by atoms with Gasteiger partial charge in [-0.1, -0.05) is 114 Å². The number of hydrogen-bond acceptors (Lipinski definition) is 2. The molecule has 5 aromatic rings. The van der Waals surface area contributed by atoms with Crippen molar-refractivity contribution in [2.45, 2.75) is 52.4 Å². The van der Waals surface area contributed by atoms with Crippen molar-refractivity contribution in [2.75, 3.05) is 4.90 Å². The summed E-state index contributed by atoms with van der Waals surface area (Å²) in [5.41, 5.74) is 11.5. The van der Waals surface area contributed by atoms with Crippen molar-refractivity contribution < 1.29 is 0 Å². The third kappa shape index (κ3) is 6.26. The first-order valence-electron chi connectivity index (χ1n) is 14.3. The molecule has 0 aliphatic heterocycles. The molecule has 5 rings (SSSR count). The third-order valence-corrected chi connectivity index (χ3v) is 7.67. The highest BCUT2D eigenvalue weighted by Gasteiger charge is 2.16. The molecule has 0 aromatic heterocycles. The summed E-state index contributed by atoms with van der Waals surface area (Å²) in [4.78, 5) is 2.24. The maximum absolute atomic E-state index is 9.34. The number of anilines is 3. The molecule has 2 nitrogen and oxygen atoms in total. The van der Waals surface area contributed by atoms with Gasteiger partial charge in [-0.3, -0.25) is 0 Å². The van der Waals surface area contributed by atoms with E-state index in [2.05, 4.69) is 150 Å². The number of nitrogens with zero attached hydrogens (tertiary/aromatic N) is 2. The van der Waals surface area contributed by atoms with Crippen LogP contribution in [0.25, 0.3) is 22.3 Å². The molecule has 41 heavy (non-hydrogen) atoms. The minimum Gasteiger partial charge on any atom is -0.311 e. The monoisotopic (exact) mass is 534 g/mol. The zero-order chi connectivity index (χ0) is 29.2. The Morgan fingerprint density at radius 3 is 0.951 bits per heavy atom. The van der Waals surface area contributed by atoms with Gasteiger partial charge in [0.2, 0.25) is 0 Å². The molecule has 0 saturated carbocycles. The second-order valence-corrected chi connectivity index (χ2v) is 12.7. The molecule has 0 bridgehead atoms. The van der Waals surface area contributed by atoms with Crippen molar-refractivity contribution in [1.82, 2.24) is 0 Å². The zero-order valence-corrected chi connectivity index (χ0v) is 24.9. The minimum atomic E-state index is 0.134. The number of hydrogen-bond donors (Lipinski definition) is 0. The Morgan fingerprint density at radius 1 is 0.415 bits per heavy atom. The molecule has 2 heteroatoms. The summed E-state index contributed by atoms with van der Waals surface area (Å²) in [5, 5.41) is 9.34. The van der Waals surface area contributed by atoms with Gasteiger partial charge in [-0.05, 0) is 92.7 Å². The van der Waals surface area contributed by atoms with Gasteiger partial charge in [-0.2, -0.15) is 5.26 Å². The Bertz CT molecular complexity index is 1540. The molecule has 0 radical (unpaired) electrons. The summed E-state index contributed by atoms with van der Waals surface area (Å²) in [7, 11) is 0. The SMILES string of the molecule is CC(C)(C)c1ccc(-c2ccc(N(c3ccc(C#N)cc3)c3ccc(-c4ccc(C(C)(C)C)cc4)cc3)cc2)cc1. The van der Waals surface area contributed by atoms with Crippen LogP contribution < -0.4 is 4.90 Å². The molecular weight excluding hydrogens is 496 g/mol. The molecule has 0 N–H and O–H groups in total. The molecule has 0 fully saturated rings.